The number of nitrogens with one attached hydrogen (secondary N) is 8. The molecular formula is C49H84N12O13. The lowest BCUT2D eigenvalue weighted by molar-refractivity contribution is -0.142. The topological polar surface area (TPSA) is 421 Å². The van der Waals surface area contributed by atoms with Gasteiger partial charge in [0.1, 0.15) is 60.1 Å². The Morgan fingerprint density at radius 1 is 0.500 bits per heavy atom. The molecule has 0 saturated carbocycles. The normalized spacial score (nSPS) is 15.1. The summed E-state index contributed by atoms with van der Waals surface area (Å²) in [5, 5.41) is 59.6. The minimum atomic E-state index is -1.53. The maximum Gasteiger partial charge on any atom is 0.326 e. The van der Waals surface area contributed by atoms with E-state index in [1.165, 1.54) is 24.3 Å². The number of carbonyl (C=O) groups excluding carboxylic acids is 8. The fraction of sp³-hybridized carbons (Fsp3) is 0.673. The first-order chi connectivity index (χ1) is 34.5. The molecule has 1 aromatic carbocycles. The quantitative estimate of drug-likeness (QED) is 0.0200. The number of amides is 8. The Labute approximate surface area is 433 Å². The van der Waals surface area contributed by atoms with Gasteiger partial charge in [-0.3, -0.25) is 43.3 Å². The first-order valence-corrected chi connectivity index (χ1v) is 25.0. The summed E-state index contributed by atoms with van der Waals surface area (Å²) >= 11 is 0. The van der Waals surface area contributed by atoms with E-state index in [1.807, 2.05) is 0 Å². The van der Waals surface area contributed by atoms with Gasteiger partial charge in [-0.15, -0.1) is 0 Å². The van der Waals surface area contributed by atoms with Crippen LogP contribution in [0.1, 0.15) is 107 Å². The number of aromatic hydroxyl groups is 1. The molecule has 0 aliphatic carbocycles. The highest BCUT2D eigenvalue weighted by molar-refractivity contribution is 5.98. The highest BCUT2D eigenvalue weighted by Gasteiger charge is 2.37. The van der Waals surface area contributed by atoms with Crippen LogP contribution in [0.4, 0.5) is 0 Å². The van der Waals surface area contributed by atoms with E-state index in [4.69, 9.17) is 17.2 Å². The number of carboxylic acids is 1. The van der Waals surface area contributed by atoms with E-state index in [-0.39, 0.29) is 74.5 Å². The number of phenolic OH excluding ortho intramolecular Hbond substituents is 1. The van der Waals surface area contributed by atoms with Crippen LogP contribution in [0.2, 0.25) is 0 Å². The second-order valence-corrected chi connectivity index (χ2v) is 20.3. The molecule has 74 heavy (non-hydrogen) atoms. The molecule has 18 N–H and O–H groups in total. The van der Waals surface area contributed by atoms with Gasteiger partial charge < -0.3 is 80.2 Å². The molecule has 0 aliphatic rings. The van der Waals surface area contributed by atoms with Crippen molar-refractivity contribution in [3.63, 3.8) is 0 Å². The lowest BCUT2D eigenvalue weighted by Gasteiger charge is -2.30. The van der Waals surface area contributed by atoms with Crippen molar-refractivity contribution in [2.45, 2.75) is 162 Å². The average Bonchev–Trinajstić information content (AvgIpc) is 3.30. The lowest BCUT2D eigenvalue weighted by atomic mass is 9.97. The van der Waals surface area contributed by atoms with E-state index in [2.05, 4.69) is 47.5 Å². The summed E-state index contributed by atoms with van der Waals surface area (Å²) in [7, 11) is 0. The first-order valence-electron chi connectivity index (χ1n) is 25.0. The molecule has 0 bridgehead atoms. The molecule has 0 fully saturated rings. The summed E-state index contributed by atoms with van der Waals surface area (Å²) in [6, 6.07) is -6.16. The van der Waals surface area contributed by atoms with Gasteiger partial charge in [0, 0.05) is 13.0 Å². The number of guanidine groups is 1. The van der Waals surface area contributed by atoms with Crippen molar-refractivity contribution in [3.8, 4) is 5.75 Å². The molecule has 0 aromatic heterocycles. The number of carboxylic acid groups (broad SMARTS) is 1. The molecule has 0 heterocycles. The molecular weight excluding hydrogens is 965 g/mol. The number of aliphatic hydroxyl groups excluding tert-OH is 2. The number of rotatable bonds is 33. The summed E-state index contributed by atoms with van der Waals surface area (Å²) < 4.78 is 0. The standard InChI is InChI=1S/C49H84N12O13/c1-24(2)18-33(41(66)54-32(48(73)74)12-11-17-53-49(51)52)57-47(72)39(28(9)10)61-44(69)36(21-29-13-15-30(64)16-14-29)56-42(67)34(19-25(3)4)58-46(71)38(27(7)8)60-43(68)35(20-26(5)6)55-45(70)37(23-63)59-40(65)31(50)22-62/h13-16,24-28,31-39,62-64H,11-12,17-23,50H2,1-10H3,(H,54,66)(H,55,70)(H,56,67)(H,57,72)(H,58,71)(H,59,65)(H,60,68)(H,61,69)(H,73,74)(H4,51,52,53)/t31-,32-,33-,34-,35-,36-,37-,38-,39-/m0/s1. The van der Waals surface area contributed by atoms with Crippen LogP contribution in [0.5, 0.6) is 5.75 Å². The average molecular weight is 1050 g/mol. The number of nitrogens with zero attached hydrogens (tertiary/aromatic N) is 1. The van der Waals surface area contributed by atoms with Gasteiger partial charge in [-0.05, 0) is 79.4 Å². The van der Waals surface area contributed by atoms with Crippen molar-refractivity contribution in [2.24, 2.45) is 51.8 Å². The fourth-order valence-corrected chi connectivity index (χ4v) is 7.42. The Bertz CT molecular complexity index is 2050. The number of phenols is 1. The molecule has 1 aromatic rings. The van der Waals surface area contributed by atoms with Gasteiger partial charge in [0.25, 0.3) is 0 Å². The molecule has 25 nitrogen and oxygen atoms in total. The molecule has 0 spiro atoms. The van der Waals surface area contributed by atoms with Gasteiger partial charge in [-0.25, -0.2) is 4.79 Å². The van der Waals surface area contributed by atoms with Crippen LogP contribution in [-0.4, -0.2) is 154 Å². The predicted octanol–water partition coefficient (Wildman–Crippen LogP) is -2.29. The van der Waals surface area contributed by atoms with Crippen molar-refractivity contribution >= 4 is 59.2 Å². The Morgan fingerprint density at radius 2 is 0.865 bits per heavy atom. The number of hydrogen-bond acceptors (Lipinski definition) is 14. The van der Waals surface area contributed by atoms with Gasteiger partial charge >= 0.3 is 5.97 Å². The number of aliphatic imine (C=N–C) groups is 1. The minimum absolute atomic E-state index is 0.0167. The van der Waals surface area contributed by atoms with Crippen LogP contribution in [0.15, 0.2) is 29.3 Å². The number of aliphatic hydroxyl groups is 2. The van der Waals surface area contributed by atoms with Gasteiger partial charge in [0.2, 0.25) is 47.3 Å². The monoisotopic (exact) mass is 1050 g/mol. The SMILES string of the molecule is CC(C)C[C@H](NC(=O)[C@H](CO)NC(=O)[C@@H](N)CO)C(=O)N[C@H](C(=O)N[C@@H](CC(C)C)C(=O)N[C@@H](Cc1ccc(O)cc1)C(=O)N[C@H](C(=O)N[C@@H](CC(C)C)C(=O)N[C@@H](CCCN=C(N)N)C(=O)O)C(C)C)C(C)C. The Kier molecular flexibility index (Phi) is 28.8. The smallest absolute Gasteiger partial charge is 0.326 e. The number of carbonyl (C=O) groups is 9. The van der Waals surface area contributed by atoms with E-state index in [1.54, 1.807) is 69.2 Å². The van der Waals surface area contributed by atoms with Crippen LogP contribution in [-0.2, 0) is 49.6 Å². The summed E-state index contributed by atoms with van der Waals surface area (Å²) in [5.74, 6) is -9.84. The third kappa shape index (κ3) is 24.0. The Morgan fingerprint density at radius 3 is 1.24 bits per heavy atom. The highest BCUT2D eigenvalue weighted by atomic mass is 16.4. The molecule has 8 amide bonds. The second kappa shape index (κ2) is 32.6. The van der Waals surface area contributed by atoms with E-state index in [9.17, 15) is 63.6 Å². The van der Waals surface area contributed by atoms with Crippen molar-refractivity contribution in [1.29, 1.82) is 0 Å². The predicted molar refractivity (Wildman–Crippen MR) is 275 cm³/mol. The summed E-state index contributed by atoms with van der Waals surface area (Å²) in [6.45, 7) is 15.8. The van der Waals surface area contributed by atoms with Crippen LogP contribution < -0.4 is 59.7 Å². The van der Waals surface area contributed by atoms with E-state index < -0.39 is 133 Å². The summed E-state index contributed by atoms with van der Waals surface area (Å²) in [4.78, 5) is 126. The number of hydrogen-bond donors (Lipinski definition) is 15. The van der Waals surface area contributed by atoms with Crippen molar-refractivity contribution in [1.82, 2.24) is 42.5 Å². The third-order valence-electron chi connectivity index (χ3n) is 11.4. The zero-order chi connectivity index (χ0) is 56.6. The van der Waals surface area contributed by atoms with Crippen molar-refractivity contribution in [2.75, 3.05) is 19.8 Å². The maximum atomic E-state index is 14.4. The van der Waals surface area contributed by atoms with Gasteiger partial charge in [-0.1, -0.05) is 81.4 Å². The molecule has 0 saturated heterocycles. The summed E-state index contributed by atoms with van der Waals surface area (Å²) in [5.41, 5.74) is 16.7. The van der Waals surface area contributed by atoms with Crippen LogP contribution in [0.25, 0.3) is 0 Å². The molecule has 0 radical (unpaired) electrons. The second-order valence-electron chi connectivity index (χ2n) is 20.3. The fourth-order valence-electron chi connectivity index (χ4n) is 7.42. The van der Waals surface area contributed by atoms with E-state index in [0.717, 1.165) is 0 Å². The minimum Gasteiger partial charge on any atom is -0.508 e. The molecule has 1 rings (SSSR count). The molecule has 0 aliphatic heterocycles. The number of nitrogens with two attached hydrogens (primary N) is 3. The zero-order valence-electron chi connectivity index (χ0n) is 44.4. The Hall–Kier alpha value is -6.60. The first kappa shape index (κ1) is 65.4. The van der Waals surface area contributed by atoms with Crippen LogP contribution in [0.3, 0.4) is 0 Å². The van der Waals surface area contributed by atoms with E-state index >= 15 is 0 Å². The molecule has 0 unspecified atom stereocenters. The highest BCUT2D eigenvalue weighted by Crippen LogP contribution is 2.16. The van der Waals surface area contributed by atoms with Crippen molar-refractivity contribution in [3.05, 3.63) is 29.8 Å². The van der Waals surface area contributed by atoms with E-state index in [0.29, 0.717) is 5.56 Å². The maximum absolute atomic E-state index is 14.4. The number of benzene rings is 1. The van der Waals surface area contributed by atoms with Crippen LogP contribution in [0, 0.1) is 29.6 Å². The van der Waals surface area contributed by atoms with Gasteiger partial charge in [-0.2, -0.15) is 0 Å². The number of aliphatic carboxylic acids is 1. The molecule has 418 valence electrons. The summed E-state index contributed by atoms with van der Waals surface area (Å²) in [6.07, 6.45) is 0.277. The van der Waals surface area contributed by atoms with Gasteiger partial charge in [0.15, 0.2) is 5.96 Å². The van der Waals surface area contributed by atoms with Crippen LogP contribution >= 0.6 is 0 Å². The Balaban J connectivity index is 3.51. The van der Waals surface area contributed by atoms with Crippen molar-refractivity contribution < 1.29 is 63.6 Å². The van der Waals surface area contributed by atoms with Gasteiger partial charge in [0.05, 0.1) is 13.2 Å². The molecule has 25 heteroatoms. The third-order valence-corrected chi connectivity index (χ3v) is 11.4. The lowest BCUT2D eigenvalue weighted by Crippen LogP contribution is -2.62. The largest absolute Gasteiger partial charge is 0.508 e. The zero-order valence-corrected chi connectivity index (χ0v) is 44.4. The molecule has 9 atom stereocenters.